The van der Waals surface area contributed by atoms with Crippen LogP contribution in [0, 0.1) is 5.82 Å². The third kappa shape index (κ3) is 2.98. The Morgan fingerprint density at radius 2 is 1.92 bits per heavy atom. The number of benzene rings is 2. The highest BCUT2D eigenvalue weighted by Crippen LogP contribution is 2.34. The van der Waals surface area contributed by atoms with Gasteiger partial charge in [0, 0.05) is 0 Å². The number of carbonyl (C=O) groups excluding carboxylic acids is 1. The quantitative estimate of drug-likeness (QED) is 0.849. The van der Waals surface area contributed by atoms with Crippen LogP contribution in [0.5, 0.6) is 11.5 Å². The van der Waals surface area contributed by atoms with E-state index in [9.17, 15) is 9.18 Å². The zero-order valence-corrected chi connectivity index (χ0v) is 13.1. The van der Waals surface area contributed by atoms with Crippen LogP contribution in [0.15, 0.2) is 52.4 Å². The smallest absolute Gasteiger partial charge is 0.264 e. The maximum Gasteiger partial charge on any atom is 0.264 e. The minimum Gasteiger partial charge on any atom is -0.454 e. The lowest BCUT2D eigenvalue weighted by molar-refractivity contribution is -0.115. The van der Waals surface area contributed by atoms with Crippen molar-refractivity contribution in [3.63, 3.8) is 0 Å². The molecule has 24 heavy (non-hydrogen) atoms. The molecular formula is C17H11FN2O3S. The van der Waals surface area contributed by atoms with Gasteiger partial charge in [-0.1, -0.05) is 6.07 Å². The predicted molar refractivity (Wildman–Crippen MR) is 89.8 cm³/mol. The summed E-state index contributed by atoms with van der Waals surface area (Å²) >= 11 is 1.23. The van der Waals surface area contributed by atoms with E-state index in [1.165, 1.54) is 23.9 Å². The van der Waals surface area contributed by atoms with Gasteiger partial charge in [0.2, 0.25) is 6.79 Å². The third-order valence-corrected chi connectivity index (χ3v) is 4.31. The molecule has 2 aromatic carbocycles. The summed E-state index contributed by atoms with van der Waals surface area (Å²) in [4.78, 5) is 16.9. The van der Waals surface area contributed by atoms with Gasteiger partial charge in [-0.05, 0) is 59.8 Å². The average Bonchev–Trinajstić information content (AvgIpc) is 3.16. The molecule has 120 valence electrons. The van der Waals surface area contributed by atoms with Crippen molar-refractivity contribution in [2.75, 3.05) is 6.79 Å². The van der Waals surface area contributed by atoms with Crippen LogP contribution < -0.4 is 14.8 Å². The topological polar surface area (TPSA) is 59.9 Å². The minimum absolute atomic E-state index is 0.207. The van der Waals surface area contributed by atoms with Crippen molar-refractivity contribution in [2.24, 2.45) is 4.99 Å². The van der Waals surface area contributed by atoms with Crippen molar-refractivity contribution >= 4 is 34.6 Å². The third-order valence-electron chi connectivity index (χ3n) is 3.40. The van der Waals surface area contributed by atoms with Crippen LogP contribution in [-0.2, 0) is 4.79 Å². The van der Waals surface area contributed by atoms with E-state index in [0.29, 0.717) is 27.3 Å². The molecule has 7 heteroatoms. The van der Waals surface area contributed by atoms with Crippen molar-refractivity contribution in [3.05, 3.63) is 58.8 Å². The van der Waals surface area contributed by atoms with Gasteiger partial charge in [0.05, 0.1) is 10.6 Å². The number of hydrogen-bond donors (Lipinski definition) is 1. The van der Waals surface area contributed by atoms with Crippen LogP contribution in [0.1, 0.15) is 5.56 Å². The number of amidine groups is 1. The zero-order valence-electron chi connectivity index (χ0n) is 12.3. The number of ether oxygens (including phenoxy) is 2. The second kappa shape index (κ2) is 6.01. The number of amides is 1. The van der Waals surface area contributed by atoms with Crippen molar-refractivity contribution in [3.8, 4) is 11.5 Å². The van der Waals surface area contributed by atoms with E-state index in [1.807, 2.05) is 12.1 Å². The molecule has 0 unspecified atom stereocenters. The van der Waals surface area contributed by atoms with E-state index in [4.69, 9.17) is 9.47 Å². The fourth-order valence-electron chi connectivity index (χ4n) is 2.27. The molecule has 1 N–H and O–H groups in total. The largest absolute Gasteiger partial charge is 0.454 e. The Labute approximate surface area is 141 Å². The Balaban J connectivity index is 1.56. The molecule has 0 atom stereocenters. The summed E-state index contributed by atoms with van der Waals surface area (Å²) in [6.45, 7) is 0.207. The van der Waals surface area contributed by atoms with E-state index in [-0.39, 0.29) is 18.5 Å². The van der Waals surface area contributed by atoms with Gasteiger partial charge in [-0.2, -0.15) is 0 Å². The van der Waals surface area contributed by atoms with Crippen LogP contribution in [0.4, 0.5) is 10.1 Å². The number of nitrogens with zero attached hydrogens (tertiary/aromatic N) is 1. The fourth-order valence-corrected chi connectivity index (χ4v) is 3.11. The Morgan fingerprint density at radius 3 is 2.75 bits per heavy atom. The van der Waals surface area contributed by atoms with Gasteiger partial charge in [-0.3, -0.25) is 4.79 Å². The molecule has 0 saturated carbocycles. The predicted octanol–water partition coefficient (Wildman–Crippen LogP) is 3.45. The molecule has 2 aromatic rings. The van der Waals surface area contributed by atoms with Crippen molar-refractivity contribution in [2.45, 2.75) is 0 Å². The van der Waals surface area contributed by atoms with Crippen LogP contribution in [-0.4, -0.2) is 17.9 Å². The number of fused-ring (bicyclic) bond motifs is 1. The molecule has 0 spiro atoms. The van der Waals surface area contributed by atoms with Crippen LogP contribution >= 0.6 is 11.8 Å². The van der Waals surface area contributed by atoms with Gasteiger partial charge in [-0.15, -0.1) is 0 Å². The number of rotatable bonds is 2. The van der Waals surface area contributed by atoms with Gasteiger partial charge in [0.25, 0.3) is 5.91 Å². The maximum atomic E-state index is 12.9. The van der Waals surface area contributed by atoms with Crippen molar-refractivity contribution in [1.29, 1.82) is 0 Å². The van der Waals surface area contributed by atoms with Gasteiger partial charge in [0.1, 0.15) is 5.82 Å². The first-order valence-electron chi connectivity index (χ1n) is 7.12. The molecule has 0 bridgehead atoms. The molecule has 0 aliphatic carbocycles. The fraction of sp³-hybridized carbons (Fsp3) is 0.0588. The summed E-state index contributed by atoms with van der Waals surface area (Å²) in [6.07, 6.45) is 1.76. The number of nitrogens with one attached hydrogen (secondary N) is 1. The minimum atomic E-state index is -0.328. The van der Waals surface area contributed by atoms with E-state index < -0.39 is 0 Å². The first-order valence-corrected chi connectivity index (χ1v) is 7.94. The summed E-state index contributed by atoms with van der Waals surface area (Å²) in [7, 11) is 0. The van der Waals surface area contributed by atoms with Gasteiger partial charge >= 0.3 is 0 Å². The number of hydrogen-bond acceptors (Lipinski definition) is 5. The van der Waals surface area contributed by atoms with E-state index >= 15 is 0 Å². The highest BCUT2D eigenvalue weighted by atomic mass is 32.2. The molecule has 0 radical (unpaired) electrons. The SMILES string of the molecule is O=C1NC(=Nc2ccc(F)cc2)S/C1=C\c1ccc2c(c1)OCO2. The van der Waals surface area contributed by atoms with E-state index in [1.54, 1.807) is 24.3 Å². The Bertz CT molecular complexity index is 878. The molecule has 1 fully saturated rings. The molecule has 2 heterocycles. The second-order valence-corrected chi connectivity index (χ2v) is 6.10. The summed E-state index contributed by atoms with van der Waals surface area (Å²) in [5.74, 6) is 0.802. The molecule has 0 aromatic heterocycles. The summed E-state index contributed by atoms with van der Waals surface area (Å²) in [6, 6.07) is 11.2. The van der Waals surface area contributed by atoms with Crippen LogP contribution in [0.25, 0.3) is 6.08 Å². The Morgan fingerprint density at radius 1 is 1.12 bits per heavy atom. The van der Waals surface area contributed by atoms with Gasteiger partial charge in [0.15, 0.2) is 16.7 Å². The standard InChI is InChI=1S/C17H11FN2O3S/c18-11-2-4-12(5-3-11)19-17-20-16(21)15(24-17)8-10-1-6-13-14(7-10)23-9-22-13/h1-8H,9H2,(H,19,20,21)/b15-8-. The average molecular weight is 342 g/mol. The van der Waals surface area contributed by atoms with Gasteiger partial charge < -0.3 is 14.8 Å². The molecule has 1 saturated heterocycles. The highest BCUT2D eigenvalue weighted by molar-refractivity contribution is 8.18. The Hall–Kier alpha value is -2.80. The van der Waals surface area contributed by atoms with Crippen LogP contribution in [0.2, 0.25) is 0 Å². The highest BCUT2D eigenvalue weighted by Gasteiger charge is 2.24. The first-order chi connectivity index (χ1) is 11.7. The molecule has 5 nitrogen and oxygen atoms in total. The number of thioether (sulfide) groups is 1. The molecular weight excluding hydrogens is 331 g/mol. The summed E-state index contributed by atoms with van der Waals surface area (Å²) in [5, 5.41) is 3.15. The summed E-state index contributed by atoms with van der Waals surface area (Å²) in [5.41, 5.74) is 1.41. The zero-order chi connectivity index (χ0) is 16.5. The number of aliphatic imine (C=N–C) groups is 1. The number of carbonyl (C=O) groups is 1. The summed E-state index contributed by atoms with van der Waals surface area (Å²) < 4.78 is 23.5. The van der Waals surface area contributed by atoms with Crippen molar-refractivity contribution in [1.82, 2.24) is 5.32 Å². The second-order valence-electron chi connectivity index (χ2n) is 5.07. The first kappa shape index (κ1) is 14.8. The van der Waals surface area contributed by atoms with E-state index in [0.717, 1.165) is 5.56 Å². The lowest BCUT2D eigenvalue weighted by Crippen LogP contribution is -2.19. The molecule has 1 amide bonds. The van der Waals surface area contributed by atoms with Gasteiger partial charge in [-0.25, -0.2) is 9.38 Å². The van der Waals surface area contributed by atoms with Crippen molar-refractivity contribution < 1.29 is 18.7 Å². The molecule has 4 rings (SSSR count). The number of halogens is 1. The maximum absolute atomic E-state index is 12.9. The van der Waals surface area contributed by atoms with E-state index in [2.05, 4.69) is 10.3 Å². The molecule has 2 aliphatic rings. The lowest BCUT2D eigenvalue weighted by Gasteiger charge is -1.98. The normalized spacial score (nSPS) is 19.1. The Kier molecular flexibility index (Phi) is 3.70. The molecule has 2 aliphatic heterocycles. The lowest BCUT2D eigenvalue weighted by atomic mass is 10.2. The monoisotopic (exact) mass is 342 g/mol. The van der Waals surface area contributed by atoms with Crippen LogP contribution in [0.3, 0.4) is 0 Å².